The van der Waals surface area contributed by atoms with Crippen molar-refractivity contribution in [3.05, 3.63) is 17.5 Å². The number of carboxylic acids is 1. The van der Waals surface area contributed by atoms with Crippen LogP contribution < -0.4 is 5.73 Å². The first-order chi connectivity index (χ1) is 8.40. The lowest BCUT2D eigenvalue weighted by atomic mass is 10.1. The maximum atomic E-state index is 11.8. The van der Waals surface area contributed by atoms with Crippen LogP contribution in [0.25, 0.3) is 0 Å². The molecule has 0 aromatic carbocycles. The van der Waals surface area contributed by atoms with Crippen LogP contribution in [0.4, 0.5) is 0 Å². The van der Waals surface area contributed by atoms with Gasteiger partial charge < -0.3 is 20.3 Å². The summed E-state index contributed by atoms with van der Waals surface area (Å²) in [5.41, 5.74) is 6.26. The lowest BCUT2D eigenvalue weighted by molar-refractivity contribution is -0.137. The Labute approximate surface area is 105 Å². The molecule has 100 valence electrons. The molecule has 1 rings (SSSR count). The summed E-state index contributed by atoms with van der Waals surface area (Å²) in [6.07, 6.45) is 0.000164. The fourth-order valence-electron chi connectivity index (χ4n) is 1.50. The van der Waals surface area contributed by atoms with Gasteiger partial charge in [-0.15, -0.1) is 0 Å². The Bertz CT molecular complexity index is 430. The maximum Gasteiger partial charge on any atom is 0.303 e. The van der Waals surface area contributed by atoms with Crippen LogP contribution in [0, 0.1) is 6.92 Å². The van der Waals surface area contributed by atoms with Crippen LogP contribution in [0.5, 0.6) is 0 Å². The highest BCUT2D eigenvalue weighted by atomic mass is 16.5. The van der Waals surface area contributed by atoms with E-state index in [-0.39, 0.29) is 25.3 Å². The second-order valence-corrected chi connectivity index (χ2v) is 4.16. The van der Waals surface area contributed by atoms with Gasteiger partial charge in [-0.1, -0.05) is 5.16 Å². The first-order valence-electron chi connectivity index (χ1n) is 5.54. The highest BCUT2D eigenvalue weighted by Gasteiger charge is 2.19. The van der Waals surface area contributed by atoms with Gasteiger partial charge in [0.25, 0.3) is 0 Å². The SMILES string of the molecule is Cc1cc(CN(C)C(=O)C(N)CCC(=O)O)no1. The maximum absolute atomic E-state index is 11.8. The van der Waals surface area contributed by atoms with E-state index in [2.05, 4.69) is 5.16 Å². The van der Waals surface area contributed by atoms with Crippen molar-refractivity contribution in [1.29, 1.82) is 0 Å². The van der Waals surface area contributed by atoms with Gasteiger partial charge >= 0.3 is 5.97 Å². The molecule has 0 aliphatic heterocycles. The third-order valence-electron chi connectivity index (χ3n) is 2.44. The van der Waals surface area contributed by atoms with Crippen molar-refractivity contribution in [3.63, 3.8) is 0 Å². The number of carboxylic acid groups (broad SMARTS) is 1. The second-order valence-electron chi connectivity index (χ2n) is 4.16. The van der Waals surface area contributed by atoms with Crippen LogP contribution in [-0.4, -0.2) is 40.1 Å². The number of hydrogen-bond acceptors (Lipinski definition) is 5. The van der Waals surface area contributed by atoms with Gasteiger partial charge in [-0.2, -0.15) is 0 Å². The van der Waals surface area contributed by atoms with Crippen LogP contribution in [0.3, 0.4) is 0 Å². The van der Waals surface area contributed by atoms with Crippen molar-refractivity contribution in [2.24, 2.45) is 5.73 Å². The Morgan fingerprint density at radius 1 is 1.61 bits per heavy atom. The molecule has 0 saturated heterocycles. The molecule has 1 aromatic rings. The van der Waals surface area contributed by atoms with Crippen molar-refractivity contribution >= 4 is 11.9 Å². The van der Waals surface area contributed by atoms with Crippen molar-refractivity contribution < 1.29 is 19.2 Å². The number of carbonyl (C=O) groups excluding carboxylic acids is 1. The van der Waals surface area contributed by atoms with Gasteiger partial charge in [0.2, 0.25) is 5.91 Å². The number of nitrogens with two attached hydrogens (primary N) is 1. The zero-order valence-electron chi connectivity index (χ0n) is 10.4. The van der Waals surface area contributed by atoms with Gasteiger partial charge in [-0.05, 0) is 13.3 Å². The minimum absolute atomic E-state index is 0.121. The number of aliphatic carboxylic acids is 1. The topological polar surface area (TPSA) is 110 Å². The molecular formula is C11H17N3O4. The van der Waals surface area contributed by atoms with E-state index in [1.54, 1.807) is 20.0 Å². The van der Waals surface area contributed by atoms with Crippen LogP contribution in [-0.2, 0) is 16.1 Å². The quantitative estimate of drug-likeness (QED) is 0.747. The molecule has 18 heavy (non-hydrogen) atoms. The second kappa shape index (κ2) is 6.15. The molecule has 0 bridgehead atoms. The van der Waals surface area contributed by atoms with Crippen LogP contribution in [0.2, 0.25) is 0 Å². The molecule has 0 aliphatic rings. The number of aryl methyl sites for hydroxylation is 1. The predicted octanol–water partition coefficient (Wildman–Crippen LogP) is 0.134. The number of rotatable bonds is 6. The number of carbonyl (C=O) groups is 2. The summed E-state index contributed by atoms with van der Waals surface area (Å²) in [7, 11) is 1.59. The molecule has 1 unspecified atom stereocenters. The molecule has 7 heteroatoms. The summed E-state index contributed by atoms with van der Waals surface area (Å²) in [6, 6.07) is 0.922. The Balaban J connectivity index is 2.47. The number of nitrogens with zero attached hydrogens (tertiary/aromatic N) is 2. The van der Waals surface area contributed by atoms with E-state index in [0.717, 1.165) is 0 Å². The monoisotopic (exact) mass is 255 g/mol. The minimum Gasteiger partial charge on any atom is -0.481 e. The molecular weight excluding hydrogens is 238 g/mol. The number of amides is 1. The molecule has 0 radical (unpaired) electrons. The fourth-order valence-corrected chi connectivity index (χ4v) is 1.50. The Morgan fingerprint density at radius 3 is 2.78 bits per heavy atom. The Kier molecular flexibility index (Phi) is 4.85. The molecule has 0 spiro atoms. The highest BCUT2D eigenvalue weighted by Crippen LogP contribution is 2.06. The molecule has 1 atom stereocenters. The van der Waals surface area contributed by atoms with Gasteiger partial charge in [0, 0.05) is 19.5 Å². The third kappa shape index (κ3) is 4.17. The molecule has 0 saturated carbocycles. The minimum atomic E-state index is -0.965. The van der Waals surface area contributed by atoms with Gasteiger partial charge in [0.1, 0.15) is 11.5 Å². The van der Waals surface area contributed by atoms with E-state index >= 15 is 0 Å². The van der Waals surface area contributed by atoms with Crippen molar-refractivity contribution in [2.75, 3.05) is 7.05 Å². The largest absolute Gasteiger partial charge is 0.481 e. The van der Waals surface area contributed by atoms with Crippen LogP contribution in [0.1, 0.15) is 24.3 Å². The van der Waals surface area contributed by atoms with Gasteiger partial charge in [-0.25, -0.2) is 0 Å². The Morgan fingerprint density at radius 2 is 2.28 bits per heavy atom. The van der Waals surface area contributed by atoms with Crippen molar-refractivity contribution in [1.82, 2.24) is 10.1 Å². The molecule has 3 N–H and O–H groups in total. The molecule has 1 aromatic heterocycles. The molecule has 1 amide bonds. The van der Waals surface area contributed by atoms with Crippen LogP contribution >= 0.6 is 0 Å². The summed E-state index contributed by atoms with van der Waals surface area (Å²) in [5, 5.41) is 12.3. The van der Waals surface area contributed by atoms with Crippen molar-refractivity contribution in [2.45, 2.75) is 32.4 Å². The average Bonchev–Trinajstić information content (AvgIpc) is 2.70. The molecule has 0 fully saturated rings. The number of likely N-dealkylation sites (N-methyl/N-ethyl adjacent to an activating group) is 1. The Hall–Kier alpha value is -1.89. The lowest BCUT2D eigenvalue weighted by Crippen LogP contribution is -2.41. The number of hydrogen-bond donors (Lipinski definition) is 2. The van der Waals surface area contributed by atoms with E-state index in [1.165, 1.54) is 4.90 Å². The molecule has 1 heterocycles. The van der Waals surface area contributed by atoms with Gasteiger partial charge in [-0.3, -0.25) is 9.59 Å². The normalized spacial score (nSPS) is 12.2. The summed E-state index contributed by atoms with van der Waals surface area (Å²) in [5.74, 6) is -0.606. The number of aromatic nitrogens is 1. The van der Waals surface area contributed by atoms with E-state index in [9.17, 15) is 9.59 Å². The third-order valence-corrected chi connectivity index (χ3v) is 2.44. The average molecular weight is 255 g/mol. The fraction of sp³-hybridized carbons (Fsp3) is 0.545. The summed E-state index contributed by atoms with van der Waals surface area (Å²) in [4.78, 5) is 23.6. The van der Waals surface area contributed by atoms with E-state index in [4.69, 9.17) is 15.4 Å². The predicted molar refractivity (Wildman–Crippen MR) is 62.6 cm³/mol. The summed E-state index contributed by atoms with van der Waals surface area (Å²) < 4.78 is 4.89. The molecule has 0 aliphatic carbocycles. The van der Waals surface area contributed by atoms with E-state index in [0.29, 0.717) is 11.5 Å². The zero-order valence-corrected chi connectivity index (χ0v) is 10.4. The molecule has 7 nitrogen and oxygen atoms in total. The van der Waals surface area contributed by atoms with E-state index in [1.807, 2.05) is 0 Å². The van der Waals surface area contributed by atoms with E-state index < -0.39 is 12.0 Å². The lowest BCUT2D eigenvalue weighted by Gasteiger charge is -2.19. The standard InChI is InChI=1S/C11H17N3O4/c1-7-5-8(13-18-7)6-14(2)11(17)9(12)3-4-10(15)16/h5,9H,3-4,6,12H2,1-2H3,(H,15,16). The first-order valence-corrected chi connectivity index (χ1v) is 5.54. The van der Waals surface area contributed by atoms with Gasteiger partial charge in [0.15, 0.2) is 0 Å². The first kappa shape index (κ1) is 14.2. The summed E-state index contributed by atoms with van der Waals surface area (Å²) in [6.45, 7) is 2.05. The summed E-state index contributed by atoms with van der Waals surface area (Å²) >= 11 is 0. The highest BCUT2D eigenvalue weighted by molar-refractivity contribution is 5.82. The smallest absolute Gasteiger partial charge is 0.303 e. The van der Waals surface area contributed by atoms with Crippen LogP contribution in [0.15, 0.2) is 10.6 Å². The van der Waals surface area contributed by atoms with Crippen molar-refractivity contribution in [3.8, 4) is 0 Å². The zero-order chi connectivity index (χ0) is 13.7. The van der Waals surface area contributed by atoms with Gasteiger partial charge in [0.05, 0.1) is 12.6 Å².